The van der Waals surface area contributed by atoms with Crippen molar-refractivity contribution in [2.75, 3.05) is 18.6 Å². The van der Waals surface area contributed by atoms with Gasteiger partial charge in [-0.1, -0.05) is 23.7 Å². The van der Waals surface area contributed by atoms with Gasteiger partial charge in [0.15, 0.2) is 17.3 Å². The molecule has 2 aromatic carbocycles. The van der Waals surface area contributed by atoms with E-state index >= 15 is 0 Å². The third kappa shape index (κ3) is 4.79. The molecule has 0 radical (unpaired) electrons. The van der Waals surface area contributed by atoms with Crippen molar-refractivity contribution in [2.24, 2.45) is 10.2 Å². The zero-order chi connectivity index (χ0) is 20.8. The number of hydrogen-bond donors (Lipinski definition) is 0. The van der Waals surface area contributed by atoms with E-state index in [4.69, 9.17) is 32.9 Å². The smallest absolute Gasteiger partial charge is 0.276 e. The van der Waals surface area contributed by atoms with Gasteiger partial charge in [0.25, 0.3) is 5.91 Å². The summed E-state index contributed by atoms with van der Waals surface area (Å²) in [6.07, 6.45) is 0. The Morgan fingerprint density at radius 3 is 2.43 bits per heavy atom. The first-order valence-electron chi connectivity index (χ1n) is 8.18. The number of hydrogen-bond acceptors (Lipinski definition) is 6. The zero-order valence-corrected chi connectivity index (χ0v) is 17.3. The van der Waals surface area contributed by atoms with Crippen molar-refractivity contribution < 1.29 is 19.1 Å². The second kappa shape index (κ2) is 9.52. The van der Waals surface area contributed by atoms with Gasteiger partial charge in [-0.05, 0) is 43.7 Å². The summed E-state index contributed by atoms with van der Waals surface area (Å²) in [6.45, 7) is 3.08. The first-order valence-corrected chi connectivity index (χ1v) is 8.90. The lowest BCUT2D eigenvalue weighted by Crippen LogP contribution is -2.36. The number of ether oxygens (including phenoxy) is 2. The van der Waals surface area contributed by atoms with Crippen molar-refractivity contribution in [2.45, 2.75) is 19.9 Å². The first kappa shape index (κ1) is 21.7. The molecule has 0 bridgehead atoms. The van der Waals surface area contributed by atoms with Gasteiger partial charge in [0.1, 0.15) is 5.69 Å². The monoisotopic (exact) mass is 423 g/mol. The zero-order valence-electron chi connectivity index (χ0n) is 15.8. The van der Waals surface area contributed by atoms with E-state index in [1.54, 1.807) is 36.4 Å². The number of rotatable bonds is 7. The van der Waals surface area contributed by atoms with Crippen molar-refractivity contribution in [1.29, 1.82) is 0 Å². The van der Waals surface area contributed by atoms with Crippen molar-refractivity contribution >= 4 is 46.4 Å². The summed E-state index contributed by atoms with van der Waals surface area (Å²) in [5.41, 5.74) is 1.50. The highest BCUT2D eigenvalue weighted by molar-refractivity contribution is 6.39. The molecule has 7 nitrogen and oxygen atoms in total. The van der Waals surface area contributed by atoms with E-state index in [0.29, 0.717) is 16.5 Å². The van der Waals surface area contributed by atoms with Crippen LogP contribution in [0.4, 0.5) is 11.4 Å². The van der Waals surface area contributed by atoms with Crippen LogP contribution in [0.3, 0.4) is 0 Å². The molecule has 0 N–H and O–H groups in total. The molecule has 0 aliphatic carbocycles. The Morgan fingerprint density at radius 1 is 1.14 bits per heavy atom. The van der Waals surface area contributed by atoms with E-state index in [9.17, 15) is 9.59 Å². The van der Waals surface area contributed by atoms with Gasteiger partial charge in [0.2, 0.25) is 6.04 Å². The number of azo groups is 1. The minimum Gasteiger partial charge on any atom is -0.493 e. The van der Waals surface area contributed by atoms with E-state index in [-0.39, 0.29) is 11.4 Å². The number of aryl methyl sites for hydroxylation is 1. The van der Waals surface area contributed by atoms with Crippen LogP contribution in [0, 0.1) is 6.92 Å². The molecule has 0 saturated carbocycles. The Kier molecular flexibility index (Phi) is 7.37. The number of nitrogens with zero attached hydrogens (tertiary/aromatic N) is 3. The minimum absolute atomic E-state index is 0.216. The minimum atomic E-state index is -1.42. The lowest BCUT2D eigenvalue weighted by atomic mass is 10.2. The molecule has 1 amide bonds. The number of anilines is 1. The molecule has 0 spiro atoms. The molecule has 0 saturated heterocycles. The van der Waals surface area contributed by atoms with Crippen molar-refractivity contribution in [1.82, 2.24) is 0 Å². The highest BCUT2D eigenvalue weighted by Crippen LogP contribution is 2.38. The van der Waals surface area contributed by atoms with Crippen LogP contribution >= 0.6 is 23.4 Å². The summed E-state index contributed by atoms with van der Waals surface area (Å²) in [4.78, 5) is 24.8. The van der Waals surface area contributed by atoms with Gasteiger partial charge in [-0.25, -0.2) is 4.42 Å². The van der Waals surface area contributed by atoms with Gasteiger partial charge in [-0.3, -0.25) is 9.59 Å². The third-order valence-electron chi connectivity index (χ3n) is 3.85. The number of para-hydroxylation sites is 1. The lowest BCUT2D eigenvalue weighted by molar-refractivity contribution is -0.126. The fourth-order valence-electron chi connectivity index (χ4n) is 2.32. The van der Waals surface area contributed by atoms with E-state index < -0.39 is 17.7 Å². The molecule has 28 heavy (non-hydrogen) atoms. The van der Waals surface area contributed by atoms with Gasteiger partial charge < -0.3 is 9.47 Å². The SMILES string of the molecule is COc1cccc(N(Cl)C(=O)C(N=Nc2ccc(C)c(Cl)c2)C(C)=O)c1OC. The third-order valence-corrected chi connectivity index (χ3v) is 4.61. The predicted molar refractivity (Wildman–Crippen MR) is 108 cm³/mol. The number of carbonyl (C=O) groups is 2. The largest absolute Gasteiger partial charge is 0.493 e. The summed E-state index contributed by atoms with van der Waals surface area (Å²) in [7, 11) is 2.88. The van der Waals surface area contributed by atoms with Crippen molar-refractivity contribution in [3.05, 3.63) is 47.0 Å². The quantitative estimate of drug-likeness (QED) is 0.360. The highest BCUT2D eigenvalue weighted by Gasteiger charge is 2.31. The molecular formula is C19H19Cl2N3O4. The molecular weight excluding hydrogens is 405 g/mol. The second-order valence-electron chi connectivity index (χ2n) is 5.79. The summed E-state index contributed by atoms with van der Waals surface area (Å²) in [5, 5.41) is 8.34. The molecule has 0 aliphatic heterocycles. The second-order valence-corrected chi connectivity index (χ2v) is 6.54. The molecule has 1 unspecified atom stereocenters. The maximum absolute atomic E-state index is 12.8. The Balaban J connectivity index is 2.33. The number of carbonyl (C=O) groups excluding carboxylic acids is 2. The Bertz CT molecular complexity index is 918. The number of amides is 1. The average molecular weight is 424 g/mol. The number of halogens is 2. The van der Waals surface area contributed by atoms with Gasteiger partial charge in [-0.15, -0.1) is 0 Å². The van der Waals surface area contributed by atoms with Crippen molar-refractivity contribution in [3.63, 3.8) is 0 Å². The molecule has 0 aromatic heterocycles. The summed E-state index contributed by atoms with van der Waals surface area (Å²) in [6, 6.07) is 8.45. The van der Waals surface area contributed by atoms with Crippen LogP contribution in [0.1, 0.15) is 12.5 Å². The number of ketones is 1. The van der Waals surface area contributed by atoms with Crippen LogP contribution in [0.15, 0.2) is 46.6 Å². The van der Waals surface area contributed by atoms with Crippen LogP contribution < -0.4 is 13.9 Å². The number of methoxy groups -OCH3 is 2. The van der Waals surface area contributed by atoms with Crippen molar-refractivity contribution in [3.8, 4) is 11.5 Å². The van der Waals surface area contributed by atoms with Gasteiger partial charge in [-0.2, -0.15) is 10.2 Å². The van der Waals surface area contributed by atoms with E-state index in [1.807, 2.05) is 6.92 Å². The van der Waals surface area contributed by atoms with Gasteiger partial charge in [0.05, 0.1) is 19.9 Å². The van der Waals surface area contributed by atoms with Crippen LogP contribution in [-0.4, -0.2) is 32.0 Å². The normalized spacial score (nSPS) is 11.9. The molecule has 9 heteroatoms. The maximum atomic E-state index is 12.8. The summed E-state index contributed by atoms with van der Waals surface area (Å²) in [5.74, 6) is -0.659. The van der Waals surface area contributed by atoms with Crippen LogP contribution in [0.2, 0.25) is 5.02 Å². The fraction of sp³-hybridized carbons (Fsp3) is 0.263. The molecule has 1 atom stereocenters. The lowest BCUT2D eigenvalue weighted by Gasteiger charge is -2.20. The van der Waals surface area contributed by atoms with E-state index in [2.05, 4.69) is 10.2 Å². The highest BCUT2D eigenvalue weighted by atomic mass is 35.5. The Morgan fingerprint density at radius 2 is 1.86 bits per heavy atom. The van der Waals surface area contributed by atoms with Gasteiger partial charge >= 0.3 is 0 Å². The van der Waals surface area contributed by atoms with Crippen LogP contribution in [-0.2, 0) is 9.59 Å². The number of benzene rings is 2. The topological polar surface area (TPSA) is 80.6 Å². The molecule has 0 heterocycles. The first-order chi connectivity index (χ1) is 13.3. The Hall–Kier alpha value is -2.64. The van der Waals surface area contributed by atoms with E-state index in [0.717, 1.165) is 9.98 Å². The van der Waals surface area contributed by atoms with E-state index in [1.165, 1.54) is 21.1 Å². The average Bonchev–Trinajstić information content (AvgIpc) is 2.68. The van der Waals surface area contributed by atoms with Crippen LogP contribution in [0.25, 0.3) is 0 Å². The molecule has 2 aromatic rings. The van der Waals surface area contributed by atoms with Crippen LogP contribution in [0.5, 0.6) is 11.5 Å². The molecule has 148 valence electrons. The number of Topliss-reactive ketones (excluding diaryl/α,β-unsaturated/α-hetero) is 1. The molecule has 0 aliphatic rings. The maximum Gasteiger partial charge on any atom is 0.276 e. The van der Waals surface area contributed by atoms with Gasteiger partial charge in [0, 0.05) is 16.8 Å². The summed E-state index contributed by atoms with van der Waals surface area (Å²) >= 11 is 12.3. The standard InChI is InChI=1S/C19H19Cl2N3O4/c1-11-8-9-13(10-14(11)20)22-23-17(12(2)25)19(26)24(21)15-6-5-7-16(27-3)18(15)28-4/h5-10,17H,1-4H3. The molecule has 2 rings (SSSR count). The predicted octanol–water partition coefficient (Wildman–Crippen LogP) is 4.89. The Labute approximate surface area is 173 Å². The summed E-state index contributed by atoms with van der Waals surface area (Å²) < 4.78 is 11.2. The molecule has 0 fully saturated rings. The fourth-order valence-corrected chi connectivity index (χ4v) is 2.72.